The number of ether oxygens (including phenoxy) is 2. The number of benzene rings is 1. The first-order chi connectivity index (χ1) is 12.1. The molecule has 5 nitrogen and oxygen atoms in total. The van der Waals surface area contributed by atoms with Gasteiger partial charge in [0.15, 0.2) is 11.5 Å². The second-order valence-electron chi connectivity index (χ2n) is 7.40. The summed E-state index contributed by atoms with van der Waals surface area (Å²) in [5, 5.41) is 9.93. The number of aromatic hydroxyl groups is 1. The van der Waals surface area contributed by atoms with Gasteiger partial charge in [-0.25, -0.2) is 0 Å². The van der Waals surface area contributed by atoms with Gasteiger partial charge in [-0.2, -0.15) is 0 Å². The molecule has 2 aliphatic rings. The normalized spacial score (nSPS) is 23.0. The fraction of sp³-hybridized carbons (Fsp3) is 0.700. The first kappa shape index (κ1) is 18.5. The molecular formula is C20H32N2O3. The zero-order chi connectivity index (χ0) is 17.9. The number of likely N-dealkylation sites (N-methyl/N-ethyl adjacent to an activating group) is 1. The Morgan fingerprint density at radius 3 is 2.52 bits per heavy atom. The molecule has 0 bridgehead atoms. The number of likely N-dealkylation sites (tertiary alicyclic amines) is 1. The van der Waals surface area contributed by atoms with E-state index in [4.69, 9.17) is 9.47 Å². The second-order valence-corrected chi connectivity index (χ2v) is 7.40. The van der Waals surface area contributed by atoms with Crippen LogP contribution in [0.15, 0.2) is 18.2 Å². The Morgan fingerprint density at radius 1 is 1.28 bits per heavy atom. The molecule has 2 heterocycles. The largest absolute Gasteiger partial charge is 0.504 e. The van der Waals surface area contributed by atoms with Crippen LogP contribution in [0.2, 0.25) is 0 Å². The van der Waals surface area contributed by atoms with Crippen LogP contribution < -0.4 is 4.74 Å². The topological polar surface area (TPSA) is 45.2 Å². The van der Waals surface area contributed by atoms with Crippen molar-refractivity contribution in [2.75, 3.05) is 39.8 Å². The van der Waals surface area contributed by atoms with E-state index in [0.29, 0.717) is 11.9 Å². The summed E-state index contributed by atoms with van der Waals surface area (Å²) in [6, 6.07) is 5.68. The van der Waals surface area contributed by atoms with Crippen LogP contribution in [0, 0.1) is 0 Å². The van der Waals surface area contributed by atoms with Crippen molar-refractivity contribution in [2.45, 2.75) is 51.4 Å². The molecule has 0 aromatic heterocycles. The van der Waals surface area contributed by atoms with Crippen molar-refractivity contribution in [2.24, 2.45) is 0 Å². The number of nitrogens with zero attached hydrogens (tertiary/aromatic N) is 2. The molecule has 140 valence electrons. The predicted octanol–water partition coefficient (Wildman–Crippen LogP) is 2.87. The average molecular weight is 348 g/mol. The van der Waals surface area contributed by atoms with Crippen molar-refractivity contribution in [3.8, 4) is 11.5 Å². The molecular weight excluding hydrogens is 316 g/mol. The van der Waals surface area contributed by atoms with E-state index >= 15 is 0 Å². The number of rotatable bonds is 7. The Kier molecular flexibility index (Phi) is 5.87. The SMILES string of the molecule is CCN(CC)CC1CC2(CCN(Cc3ccc(OC)c(O)c3)CC2)O1. The first-order valence-electron chi connectivity index (χ1n) is 9.56. The van der Waals surface area contributed by atoms with Crippen LogP contribution in [-0.2, 0) is 11.3 Å². The van der Waals surface area contributed by atoms with Gasteiger partial charge < -0.3 is 19.5 Å². The number of hydrogen-bond acceptors (Lipinski definition) is 5. The standard InChI is InChI=1S/C20H32N2O3/c1-4-21(5-2)15-17-13-20(25-17)8-10-22(11-9-20)14-16-6-7-19(24-3)18(23)12-16/h6-7,12,17,23H,4-5,8-11,13-15H2,1-3H3. The fourth-order valence-corrected chi connectivity index (χ4v) is 4.16. The second kappa shape index (κ2) is 7.94. The highest BCUT2D eigenvalue weighted by atomic mass is 16.5. The molecule has 1 unspecified atom stereocenters. The number of hydrogen-bond donors (Lipinski definition) is 1. The Morgan fingerprint density at radius 2 is 1.96 bits per heavy atom. The van der Waals surface area contributed by atoms with Crippen LogP contribution in [0.3, 0.4) is 0 Å². The van der Waals surface area contributed by atoms with Crippen LogP contribution in [0.5, 0.6) is 11.5 Å². The fourth-order valence-electron chi connectivity index (χ4n) is 4.16. The summed E-state index contributed by atoms with van der Waals surface area (Å²) < 4.78 is 11.4. The van der Waals surface area contributed by atoms with Gasteiger partial charge in [-0.15, -0.1) is 0 Å². The molecule has 2 saturated heterocycles. The summed E-state index contributed by atoms with van der Waals surface area (Å²) in [4.78, 5) is 4.90. The molecule has 2 aliphatic heterocycles. The summed E-state index contributed by atoms with van der Waals surface area (Å²) in [6.07, 6.45) is 3.86. The van der Waals surface area contributed by atoms with Gasteiger partial charge in [-0.1, -0.05) is 19.9 Å². The third-order valence-electron chi connectivity index (χ3n) is 5.79. The Hall–Kier alpha value is -1.30. The summed E-state index contributed by atoms with van der Waals surface area (Å²) in [5.41, 5.74) is 1.26. The smallest absolute Gasteiger partial charge is 0.160 e. The highest BCUT2D eigenvalue weighted by molar-refractivity contribution is 5.41. The number of phenolic OH excluding ortho intramolecular Hbond substituents is 1. The lowest BCUT2D eigenvalue weighted by molar-refractivity contribution is -0.229. The summed E-state index contributed by atoms with van der Waals surface area (Å²) >= 11 is 0. The Balaban J connectivity index is 1.44. The zero-order valence-electron chi connectivity index (χ0n) is 15.8. The molecule has 3 rings (SSSR count). The van der Waals surface area contributed by atoms with Crippen LogP contribution >= 0.6 is 0 Å². The van der Waals surface area contributed by atoms with E-state index in [1.807, 2.05) is 18.2 Å². The third kappa shape index (κ3) is 4.27. The third-order valence-corrected chi connectivity index (χ3v) is 5.79. The molecule has 1 aromatic rings. The molecule has 0 radical (unpaired) electrons. The minimum atomic E-state index is 0.135. The van der Waals surface area contributed by atoms with E-state index in [0.717, 1.165) is 57.7 Å². The first-order valence-corrected chi connectivity index (χ1v) is 9.56. The van der Waals surface area contributed by atoms with Crippen molar-refractivity contribution in [3.05, 3.63) is 23.8 Å². The summed E-state index contributed by atoms with van der Waals surface area (Å²) in [7, 11) is 1.57. The van der Waals surface area contributed by atoms with Gasteiger partial charge >= 0.3 is 0 Å². The van der Waals surface area contributed by atoms with Crippen LogP contribution in [0.25, 0.3) is 0 Å². The van der Waals surface area contributed by atoms with Gasteiger partial charge in [0.05, 0.1) is 18.8 Å². The molecule has 5 heteroatoms. The summed E-state index contributed by atoms with van der Waals surface area (Å²) in [6.45, 7) is 10.7. The predicted molar refractivity (Wildman–Crippen MR) is 99.2 cm³/mol. The van der Waals surface area contributed by atoms with Gasteiger partial charge in [0.2, 0.25) is 0 Å². The number of piperidine rings is 1. The molecule has 2 fully saturated rings. The van der Waals surface area contributed by atoms with Gasteiger partial charge in [0.25, 0.3) is 0 Å². The van der Waals surface area contributed by atoms with Gasteiger partial charge in [0, 0.05) is 32.6 Å². The average Bonchev–Trinajstić information content (AvgIpc) is 2.59. The van der Waals surface area contributed by atoms with Crippen molar-refractivity contribution >= 4 is 0 Å². The van der Waals surface area contributed by atoms with Gasteiger partial charge in [0.1, 0.15) is 0 Å². The minimum Gasteiger partial charge on any atom is -0.504 e. The molecule has 0 amide bonds. The van der Waals surface area contributed by atoms with Crippen molar-refractivity contribution in [1.82, 2.24) is 9.80 Å². The lowest BCUT2D eigenvalue weighted by Crippen LogP contribution is -2.59. The maximum atomic E-state index is 9.93. The molecule has 1 atom stereocenters. The van der Waals surface area contributed by atoms with E-state index in [2.05, 4.69) is 23.6 Å². The molecule has 25 heavy (non-hydrogen) atoms. The lowest BCUT2D eigenvalue weighted by Gasteiger charge is -2.53. The van der Waals surface area contributed by atoms with Crippen LogP contribution in [0.4, 0.5) is 0 Å². The molecule has 1 spiro atoms. The van der Waals surface area contributed by atoms with Crippen molar-refractivity contribution < 1.29 is 14.6 Å². The lowest BCUT2D eigenvalue weighted by atomic mass is 9.80. The molecule has 1 N–H and O–H groups in total. The molecule has 0 saturated carbocycles. The maximum absolute atomic E-state index is 9.93. The van der Waals surface area contributed by atoms with Gasteiger partial charge in [-0.3, -0.25) is 4.90 Å². The van der Waals surface area contributed by atoms with Crippen LogP contribution in [-0.4, -0.2) is 66.4 Å². The Bertz CT molecular complexity index is 558. The highest BCUT2D eigenvalue weighted by Gasteiger charge is 2.47. The van der Waals surface area contributed by atoms with E-state index in [-0.39, 0.29) is 11.4 Å². The van der Waals surface area contributed by atoms with E-state index in [1.165, 1.54) is 6.42 Å². The zero-order valence-corrected chi connectivity index (χ0v) is 15.8. The summed E-state index contributed by atoms with van der Waals surface area (Å²) in [5.74, 6) is 0.749. The van der Waals surface area contributed by atoms with E-state index in [9.17, 15) is 5.11 Å². The van der Waals surface area contributed by atoms with E-state index in [1.54, 1.807) is 7.11 Å². The highest BCUT2D eigenvalue weighted by Crippen LogP contribution is 2.41. The maximum Gasteiger partial charge on any atom is 0.160 e. The number of methoxy groups -OCH3 is 1. The molecule has 1 aromatic carbocycles. The quantitative estimate of drug-likeness (QED) is 0.821. The van der Waals surface area contributed by atoms with Crippen molar-refractivity contribution in [1.29, 1.82) is 0 Å². The van der Waals surface area contributed by atoms with E-state index < -0.39 is 0 Å². The van der Waals surface area contributed by atoms with Crippen molar-refractivity contribution in [3.63, 3.8) is 0 Å². The molecule has 0 aliphatic carbocycles. The number of phenols is 1. The monoisotopic (exact) mass is 348 g/mol. The van der Waals surface area contributed by atoms with Crippen LogP contribution in [0.1, 0.15) is 38.7 Å². The minimum absolute atomic E-state index is 0.135. The van der Waals surface area contributed by atoms with Gasteiger partial charge in [-0.05, 0) is 43.6 Å². The Labute approximate surface area is 151 Å².